The lowest BCUT2D eigenvalue weighted by atomic mass is 10.1. The number of ketones is 1. The first-order valence-corrected chi connectivity index (χ1v) is 9.49. The first kappa shape index (κ1) is 20.7. The molecule has 3 aromatic rings. The fraction of sp³-hybridized carbons (Fsp3) is 0.0800. The smallest absolute Gasteiger partial charge is 0.255 e. The van der Waals surface area contributed by atoms with E-state index < -0.39 is 0 Å². The quantitative estimate of drug-likeness (QED) is 0.448. The monoisotopic (exact) mass is 398 g/mol. The molecule has 0 saturated carbocycles. The van der Waals surface area contributed by atoms with Crippen molar-refractivity contribution in [2.75, 3.05) is 10.6 Å². The van der Waals surface area contributed by atoms with Gasteiger partial charge in [-0.15, -0.1) is 0 Å². The number of rotatable bonds is 6. The van der Waals surface area contributed by atoms with Crippen LogP contribution < -0.4 is 10.6 Å². The van der Waals surface area contributed by atoms with E-state index >= 15 is 0 Å². The van der Waals surface area contributed by atoms with E-state index in [1.54, 1.807) is 54.6 Å². The van der Waals surface area contributed by atoms with E-state index in [-0.39, 0.29) is 17.6 Å². The summed E-state index contributed by atoms with van der Waals surface area (Å²) >= 11 is 0. The van der Waals surface area contributed by atoms with Gasteiger partial charge in [-0.05, 0) is 55.0 Å². The lowest BCUT2D eigenvalue weighted by Crippen LogP contribution is -2.11. The van der Waals surface area contributed by atoms with Crippen molar-refractivity contribution in [3.63, 3.8) is 0 Å². The molecule has 0 aromatic heterocycles. The van der Waals surface area contributed by atoms with Crippen LogP contribution in [0.15, 0.2) is 78.9 Å². The van der Waals surface area contributed by atoms with Crippen molar-refractivity contribution in [1.29, 1.82) is 0 Å². The molecular weight excluding hydrogens is 376 g/mol. The van der Waals surface area contributed by atoms with Crippen LogP contribution in [-0.4, -0.2) is 17.6 Å². The van der Waals surface area contributed by atoms with Crippen molar-refractivity contribution in [3.05, 3.63) is 101 Å². The molecule has 0 bridgehead atoms. The van der Waals surface area contributed by atoms with Crippen molar-refractivity contribution >= 4 is 35.0 Å². The number of carbonyl (C=O) groups excluding carboxylic acids is 3. The number of nitrogens with one attached hydrogen (secondary N) is 2. The molecule has 0 spiro atoms. The van der Waals surface area contributed by atoms with E-state index in [2.05, 4.69) is 10.6 Å². The fourth-order valence-electron chi connectivity index (χ4n) is 2.85. The normalized spacial score (nSPS) is 10.6. The molecule has 5 heteroatoms. The first-order chi connectivity index (χ1) is 14.4. The summed E-state index contributed by atoms with van der Waals surface area (Å²) in [6.07, 6.45) is 3.16. The Morgan fingerprint density at radius 1 is 0.767 bits per heavy atom. The van der Waals surface area contributed by atoms with Crippen LogP contribution in [0.1, 0.15) is 38.8 Å². The minimum atomic E-state index is -0.195. The summed E-state index contributed by atoms with van der Waals surface area (Å²) in [6.45, 7) is 3.38. The van der Waals surface area contributed by atoms with Crippen LogP contribution in [0.4, 0.5) is 11.4 Å². The topological polar surface area (TPSA) is 75.3 Å². The number of benzene rings is 3. The Morgan fingerprint density at radius 3 is 2.13 bits per heavy atom. The summed E-state index contributed by atoms with van der Waals surface area (Å²) < 4.78 is 0. The minimum Gasteiger partial charge on any atom is -0.326 e. The second kappa shape index (κ2) is 9.47. The van der Waals surface area contributed by atoms with Crippen LogP contribution in [0.5, 0.6) is 0 Å². The molecule has 0 aliphatic carbocycles. The SMILES string of the molecule is CC(=O)Nc1cccc(C(=O)/C=C/c2cccc(NC(=O)c3ccc(C)cc3)c2)c1. The number of amides is 2. The largest absolute Gasteiger partial charge is 0.326 e. The highest BCUT2D eigenvalue weighted by Crippen LogP contribution is 2.16. The molecule has 2 N–H and O–H groups in total. The third-order valence-corrected chi connectivity index (χ3v) is 4.35. The number of carbonyl (C=O) groups is 3. The van der Waals surface area contributed by atoms with Crippen LogP contribution in [-0.2, 0) is 4.79 Å². The summed E-state index contributed by atoms with van der Waals surface area (Å²) in [7, 11) is 0. The van der Waals surface area contributed by atoms with Crippen molar-refractivity contribution in [2.45, 2.75) is 13.8 Å². The number of allylic oxidation sites excluding steroid dienone is 1. The summed E-state index contributed by atoms with van der Waals surface area (Å²) in [5.41, 5.74) is 4.14. The van der Waals surface area contributed by atoms with Gasteiger partial charge in [0.2, 0.25) is 5.91 Å². The van der Waals surface area contributed by atoms with Crippen LogP contribution in [0.2, 0.25) is 0 Å². The van der Waals surface area contributed by atoms with Gasteiger partial charge in [0, 0.05) is 29.4 Å². The molecule has 150 valence electrons. The number of aryl methyl sites for hydroxylation is 1. The molecule has 30 heavy (non-hydrogen) atoms. The highest BCUT2D eigenvalue weighted by atomic mass is 16.2. The van der Waals surface area contributed by atoms with Gasteiger partial charge in [-0.2, -0.15) is 0 Å². The maximum absolute atomic E-state index is 12.5. The van der Waals surface area contributed by atoms with Gasteiger partial charge in [0.1, 0.15) is 0 Å². The van der Waals surface area contributed by atoms with Crippen LogP contribution in [0, 0.1) is 6.92 Å². The third-order valence-electron chi connectivity index (χ3n) is 4.35. The molecular formula is C25H22N2O3. The van der Waals surface area contributed by atoms with Crippen LogP contribution >= 0.6 is 0 Å². The predicted octanol–water partition coefficient (Wildman–Crippen LogP) is 5.10. The summed E-state index contributed by atoms with van der Waals surface area (Å²) in [6, 6.07) is 21.3. The van der Waals surface area contributed by atoms with Gasteiger partial charge >= 0.3 is 0 Å². The van der Waals surface area contributed by atoms with Crippen LogP contribution in [0.25, 0.3) is 6.08 Å². The van der Waals surface area contributed by atoms with Gasteiger partial charge in [0.25, 0.3) is 5.91 Å². The minimum absolute atomic E-state index is 0.184. The lowest BCUT2D eigenvalue weighted by molar-refractivity contribution is -0.114. The first-order valence-electron chi connectivity index (χ1n) is 9.49. The van der Waals surface area contributed by atoms with Crippen molar-refractivity contribution in [3.8, 4) is 0 Å². The second-order valence-electron chi connectivity index (χ2n) is 6.91. The highest BCUT2D eigenvalue weighted by Gasteiger charge is 2.07. The van der Waals surface area contributed by atoms with E-state index in [1.807, 2.05) is 31.2 Å². The molecule has 0 fully saturated rings. The van der Waals surface area contributed by atoms with Crippen molar-refractivity contribution < 1.29 is 14.4 Å². The summed E-state index contributed by atoms with van der Waals surface area (Å²) in [5, 5.41) is 5.53. The van der Waals surface area contributed by atoms with Gasteiger partial charge in [-0.1, -0.05) is 48.0 Å². The van der Waals surface area contributed by atoms with Gasteiger partial charge in [-0.25, -0.2) is 0 Å². The standard InChI is InChI=1S/C25H22N2O3/c1-17-9-12-20(13-10-17)25(30)27-22-7-3-5-19(15-22)11-14-24(29)21-6-4-8-23(16-21)26-18(2)28/h3-16H,1-2H3,(H,26,28)(H,27,30)/b14-11+. The number of anilines is 2. The highest BCUT2D eigenvalue weighted by molar-refractivity contribution is 6.08. The van der Waals surface area contributed by atoms with E-state index in [0.717, 1.165) is 11.1 Å². The molecule has 2 amide bonds. The van der Waals surface area contributed by atoms with Crippen LogP contribution in [0.3, 0.4) is 0 Å². The van der Waals surface area contributed by atoms with E-state index in [0.29, 0.717) is 22.5 Å². The van der Waals surface area contributed by atoms with Gasteiger partial charge in [-0.3, -0.25) is 14.4 Å². The average Bonchev–Trinajstić information content (AvgIpc) is 2.72. The van der Waals surface area contributed by atoms with E-state index in [1.165, 1.54) is 13.0 Å². The number of hydrogen-bond donors (Lipinski definition) is 2. The maximum atomic E-state index is 12.5. The molecule has 0 radical (unpaired) electrons. The Hall–Kier alpha value is -3.99. The molecule has 0 aliphatic rings. The summed E-state index contributed by atoms with van der Waals surface area (Å²) in [5.74, 6) is -0.571. The van der Waals surface area contributed by atoms with E-state index in [9.17, 15) is 14.4 Å². The molecule has 3 aromatic carbocycles. The van der Waals surface area contributed by atoms with Crippen molar-refractivity contribution in [2.24, 2.45) is 0 Å². The Labute approximate surface area is 175 Å². The average molecular weight is 398 g/mol. The third kappa shape index (κ3) is 5.75. The molecule has 0 aliphatic heterocycles. The maximum Gasteiger partial charge on any atom is 0.255 e. The van der Waals surface area contributed by atoms with Gasteiger partial charge in [0.05, 0.1) is 0 Å². The molecule has 0 atom stereocenters. The molecule has 0 unspecified atom stereocenters. The molecule has 5 nitrogen and oxygen atoms in total. The summed E-state index contributed by atoms with van der Waals surface area (Å²) in [4.78, 5) is 36.0. The molecule has 0 saturated heterocycles. The van der Waals surface area contributed by atoms with Gasteiger partial charge in [0.15, 0.2) is 5.78 Å². The van der Waals surface area contributed by atoms with Gasteiger partial charge < -0.3 is 10.6 Å². The van der Waals surface area contributed by atoms with Crippen molar-refractivity contribution in [1.82, 2.24) is 0 Å². The fourth-order valence-corrected chi connectivity index (χ4v) is 2.85. The Kier molecular flexibility index (Phi) is 6.55. The van der Waals surface area contributed by atoms with E-state index in [4.69, 9.17) is 0 Å². The molecule has 3 rings (SSSR count). The Morgan fingerprint density at radius 2 is 1.43 bits per heavy atom. The zero-order chi connectivity index (χ0) is 21.5. The zero-order valence-corrected chi connectivity index (χ0v) is 16.8. The molecule has 0 heterocycles. The Balaban J connectivity index is 1.69. The second-order valence-corrected chi connectivity index (χ2v) is 6.91. The number of hydrogen-bond acceptors (Lipinski definition) is 3. The predicted molar refractivity (Wildman–Crippen MR) is 120 cm³/mol. The zero-order valence-electron chi connectivity index (χ0n) is 16.8. The lowest BCUT2D eigenvalue weighted by Gasteiger charge is -2.06. The Bertz CT molecular complexity index is 1120.